The Morgan fingerprint density at radius 3 is 2.90 bits per heavy atom. The quantitative estimate of drug-likeness (QED) is 0.915. The highest BCUT2D eigenvalue weighted by Gasteiger charge is 2.28. The summed E-state index contributed by atoms with van der Waals surface area (Å²) < 4.78 is 0. The molecular weight excluding hydrogens is 290 g/mol. The molecule has 1 N–H and O–H groups in total. The minimum absolute atomic E-state index is 0.0424. The maximum Gasteiger partial charge on any atom is 0.242 e. The van der Waals surface area contributed by atoms with Gasteiger partial charge in [0.05, 0.1) is 12.6 Å². The van der Waals surface area contributed by atoms with Crippen LogP contribution in [0.1, 0.15) is 18.5 Å². The molecule has 0 aromatic heterocycles. The van der Waals surface area contributed by atoms with E-state index in [-0.39, 0.29) is 24.4 Å². The van der Waals surface area contributed by atoms with Gasteiger partial charge in [-0.1, -0.05) is 23.7 Å². The normalized spacial score (nSPS) is 18.4. The van der Waals surface area contributed by atoms with Gasteiger partial charge in [0.1, 0.15) is 0 Å². The molecule has 0 spiro atoms. The number of hydrogen-bond donors (Lipinski definition) is 1. The van der Waals surface area contributed by atoms with Crippen molar-refractivity contribution in [1.29, 1.82) is 0 Å². The van der Waals surface area contributed by atoms with E-state index in [0.717, 1.165) is 12.1 Å². The lowest BCUT2D eigenvalue weighted by Crippen LogP contribution is -2.51. The van der Waals surface area contributed by atoms with Crippen molar-refractivity contribution < 1.29 is 9.59 Å². The SMILES string of the molecule is CC(=O)N(C)CC(=O)N1CCNCC1c1cccc(Cl)c1. The highest BCUT2D eigenvalue weighted by atomic mass is 35.5. The summed E-state index contributed by atoms with van der Waals surface area (Å²) in [6.07, 6.45) is 0. The molecule has 6 heteroatoms. The lowest BCUT2D eigenvalue weighted by atomic mass is 10.0. The molecular formula is C15H20ClN3O2. The van der Waals surface area contributed by atoms with Crippen LogP contribution in [0, 0.1) is 0 Å². The fraction of sp³-hybridized carbons (Fsp3) is 0.467. The zero-order valence-electron chi connectivity index (χ0n) is 12.3. The van der Waals surface area contributed by atoms with E-state index in [2.05, 4.69) is 5.32 Å². The molecule has 1 fully saturated rings. The summed E-state index contributed by atoms with van der Waals surface area (Å²) >= 11 is 6.04. The molecule has 5 nitrogen and oxygen atoms in total. The number of likely N-dealkylation sites (N-methyl/N-ethyl adjacent to an activating group) is 1. The van der Waals surface area contributed by atoms with Gasteiger partial charge in [0.15, 0.2) is 0 Å². The van der Waals surface area contributed by atoms with Gasteiger partial charge >= 0.3 is 0 Å². The maximum atomic E-state index is 12.5. The number of carbonyl (C=O) groups is 2. The summed E-state index contributed by atoms with van der Waals surface area (Å²) in [6, 6.07) is 7.51. The van der Waals surface area contributed by atoms with E-state index in [9.17, 15) is 9.59 Å². The molecule has 0 bridgehead atoms. The monoisotopic (exact) mass is 309 g/mol. The minimum Gasteiger partial charge on any atom is -0.337 e. The second-order valence-corrected chi connectivity index (χ2v) is 5.67. The second-order valence-electron chi connectivity index (χ2n) is 5.24. The first-order valence-corrected chi connectivity index (χ1v) is 7.34. The summed E-state index contributed by atoms with van der Waals surface area (Å²) in [6.45, 7) is 3.64. The summed E-state index contributed by atoms with van der Waals surface area (Å²) in [5, 5.41) is 3.95. The van der Waals surface area contributed by atoms with Crippen molar-refractivity contribution >= 4 is 23.4 Å². The molecule has 1 unspecified atom stereocenters. The number of amides is 2. The van der Waals surface area contributed by atoms with Crippen molar-refractivity contribution in [3.63, 3.8) is 0 Å². The Labute approximate surface area is 129 Å². The highest BCUT2D eigenvalue weighted by molar-refractivity contribution is 6.30. The Morgan fingerprint density at radius 2 is 2.24 bits per heavy atom. The van der Waals surface area contributed by atoms with Gasteiger partial charge in [-0.05, 0) is 17.7 Å². The number of rotatable bonds is 3. The Morgan fingerprint density at radius 1 is 1.48 bits per heavy atom. The molecule has 2 rings (SSSR count). The van der Waals surface area contributed by atoms with Crippen LogP contribution in [0.4, 0.5) is 0 Å². The summed E-state index contributed by atoms with van der Waals surface area (Å²) in [5.74, 6) is -0.156. The van der Waals surface area contributed by atoms with E-state index in [0.29, 0.717) is 18.1 Å². The van der Waals surface area contributed by atoms with Crippen molar-refractivity contribution in [2.45, 2.75) is 13.0 Å². The molecule has 1 heterocycles. The van der Waals surface area contributed by atoms with Crippen LogP contribution >= 0.6 is 11.6 Å². The molecule has 1 saturated heterocycles. The molecule has 1 aromatic rings. The van der Waals surface area contributed by atoms with Crippen molar-refractivity contribution in [1.82, 2.24) is 15.1 Å². The van der Waals surface area contributed by atoms with Gasteiger partial charge in [0.25, 0.3) is 0 Å². The molecule has 0 saturated carbocycles. The third kappa shape index (κ3) is 3.95. The van der Waals surface area contributed by atoms with E-state index in [1.54, 1.807) is 7.05 Å². The molecule has 0 aliphatic carbocycles. The second kappa shape index (κ2) is 6.91. The van der Waals surface area contributed by atoms with Crippen LogP contribution in [0.25, 0.3) is 0 Å². The van der Waals surface area contributed by atoms with Crippen LogP contribution < -0.4 is 5.32 Å². The Hall–Kier alpha value is -1.59. The Bertz CT molecular complexity index is 535. The number of carbonyl (C=O) groups excluding carboxylic acids is 2. The standard InChI is InChI=1S/C15H20ClN3O2/c1-11(20)18(2)10-15(21)19-7-6-17-9-14(19)12-4-3-5-13(16)8-12/h3-5,8,14,17H,6-7,9-10H2,1-2H3. The fourth-order valence-electron chi connectivity index (χ4n) is 2.42. The first-order valence-electron chi connectivity index (χ1n) is 6.96. The molecule has 1 atom stereocenters. The van der Waals surface area contributed by atoms with Crippen LogP contribution in [-0.2, 0) is 9.59 Å². The molecule has 21 heavy (non-hydrogen) atoms. The number of nitrogens with one attached hydrogen (secondary N) is 1. The zero-order valence-corrected chi connectivity index (χ0v) is 13.1. The highest BCUT2D eigenvalue weighted by Crippen LogP contribution is 2.24. The van der Waals surface area contributed by atoms with E-state index in [1.165, 1.54) is 11.8 Å². The predicted molar refractivity (Wildman–Crippen MR) is 82.1 cm³/mol. The first kappa shape index (κ1) is 15.8. The number of nitrogens with zero attached hydrogens (tertiary/aromatic N) is 2. The summed E-state index contributed by atoms with van der Waals surface area (Å²) in [4.78, 5) is 27.0. The van der Waals surface area contributed by atoms with Crippen LogP contribution in [0.15, 0.2) is 24.3 Å². The number of benzene rings is 1. The van der Waals surface area contributed by atoms with Crippen LogP contribution in [0.2, 0.25) is 5.02 Å². The van der Waals surface area contributed by atoms with E-state index in [1.807, 2.05) is 29.2 Å². The topological polar surface area (TPSA) is 52.7 Å². The minimum atomic E-state index is -0.113. The lowest BCUT2D eigenvalue weighted by Gasteiger charge is -2.37. The van der Waals surface area contributed by atoms with Gasteiger partial charge in [0, 0.05) is 38.6 Å². The molecule has 0 radical (unpaired) electrons. The van der Waals surface area contributed by atoms with Crippen molar-refractivity contribution in [3.8, 4) is 0 Å². The summed E-state index contributed by atoms with van der Waals surface area (Å²) in [7, 11) is 1.64. The van der Waals surface area contributed by atoms with Crippen molar-refractivity contribution in [2.75, 3.05) is 33.2 Å². The molecule has 1 aliphatic heterocycles. The fourth-order valence-corrected chi connectivity index (χ4v) is 2.62. The lowest BCUT2D eigenvalue weighted by molar-refractivity contribution is -0.140. The van der Waals surface area contributed by atoms with E-state index < -0.39 is 0 Å². The van der Waals surface area contributed by atoms with Crippen LogP contribution in [0.5, 0.6) is 0 Å². The molecule has 114 valence electrons. The average Bonchev–Trinajstić information content (AvgIpc) is 2.47. The van der Waals surface area contributed by atoms with Gasteiger partial charge in [-0.25, -0.2) is 0 Å². The Kier molecular flexibility index (Phi) is 5.20. The van der Waals surface area contributed by atoms with Gasteiger partial charge < -0.3 is 15.1 Å². The number of halogens is 1. The van der Waals surface area contributed by atoms with Crippen LogP contribution in [0.3, 0.4) is 0 Å². The largest absolute Gasteiger partial charge is 0.337 e. The van der Waals surface area contributed by atoms with Gasteiger partial charge in [-0.3, -0.25) is 9.59 Å². The molecule has 1 aromatic carbocycles. The summed E-state index contributed by atoms with van der Waals surface area (Å²) in [5.41, 5.74) is 1.01. The van der Waals surface area contributed by atoms with Crippen LogP contribution in [-0.4, -0.2) is 54.8 Å². The third-order valence-corrected chi connectivity index (χ3v) is 3.94. The van der Waals surface area contributed by atoms with Gasteiger partial charge in [-0.2, -0.15) is 0 Å². The average molecular weight is 310 g/mol. The molecule has 2 amide bonds. The Balaban J connectivity index is 2.15. The van der Waals surface area contributed by atoms with Gasteiger partial charge in [0.2, 0.25) is 11.8 Å². The van der Waals surface area contributed by atoms with Crippen molar-refractivity contribution in [2.24, 2.45) is 0 Å². The maximum absolute atomic E-state index is 12.5. The smallest absolute Gasteiger partial charge is 0.242 e. The van der Waals surface area contributed by atoms with E-state index >= 15 is 0 Å². The number of piperazine rings is 1. The first-order chi connectivity index (χ1) is 9.99. The zero-order chi connectivity index (χ0) is 15.4. The third-order valence-electron chi connectivity index (χ3n) is 3.71. The predicted octanol–water partition coefficient (Wildman–Crippen LogP) is 1.29. The number of hydrogen-bond acceptors (Lipinski definition) is 3. The van der Waals surface area contributed by atoms with E-state index in [4.69, 9.17) is 11.6 Å². The van der Waals surface area contributed by atoms with Crippen molar-refractivity contribution in [3.05, 3.63) is 34.9 Å². The van der Waals surface area contributed by atoms with Gasteiger partial charge in [-0.15, -0.1) is 0 Å². The molecule has 1 aliphatic rings.